The van der Waals surface area contributed by atoms with Crippen LogP contribution >= 0.6 is 0 Å². The Morgan fingerprint density at radius 2 is 2.06 bits per heavy atom. The minimum absolute atomic E-state index is 0.172. The van der Waals surface area contributed by atoms with Crippen molar-refractivity contribution in [3.8, 4) is 17.6 Å². The van der Waals surface area contributed by atoms with Crippen LogP contribution < -0.4 is 15.2 Å². The van der Waals surface area contributed by atoms with Crippen molar-refractivity contribution in [2.45, 2.75) is 25.8 Å². The average molecular weight is 246 g/mol. The summed E-state index contributed by atoms with van der Waals surface area (Å²) in [6, 6.07) is 7.65. The third kappa shape index (κ3) is 2.57. The maximum atomic E-state index is 9.06. The number of nitriles is 1. The van der Waals surface area contributed by atoms with Gasteiger partial charge in [-0.2, -0.15) is 5.26 Å². The van der Waals surface area contributed by atoms with Gasteiger partial charge in [-0.3, -0.25) is 0 Å². The molecule has 2 N–H and O–H groups in total. The molecule has 4 nitrogen and oxygen atoms in total. The lowest BCUT2D eigenvalue weighted by atomic mass is 9.93. The zero-order valence-electron chi connectivity index (χ0n) is 10.6. The quantitative estimate of drug-likeness (QED) is 0.889. The zero-order valence-corrected chi connectivity index (χ0v) is 10.6. The molecule has 2 unspecified atom stereocenters. The van der Waals surface area contributed by atoms with E-state index in [0.717, 1.165) is 29.9 Å². The van der Waals surface area contributed by atoms with E-state index in [1.54, 1.807) is 0 Å². The van der Waals surface area contributed by atoms with Crippen molar-refractivity contribution in [1.29, 1.82) is 5.26 Å². The summed E-state index contributed by atoms with van der Waals surface area (Å²) in [5, 5.41) is 9.06. The number of hydrogen-bond acceptors (Lipinski definition) is 4. The second-order valence-corrected chi connectivity index (χ2v) is 4.43. The third-order valence-corrected chi connectivity index (χ3v) is 3.20. The van der Waals surface area contributed by atoms with E-state index in [4.69, 9.17) is 20.5 Å². The van der Waals surface area contributed by atoms with Crippen LogP contribution in [0.25, 0.3) is 0 Å². The van der Waals surface area contributed by atoms with Crippen LogP contribution in [0.15, 0.2) is 18.2 Å². The highest BCUT2D eigenvalue weighted by atomic mass is 16.5. The van der Waals surface area contributed by atoms with E-state index in [0.29, 0.717) is 13.2 Å². The van der Waals surface area contributed by atoms with Crippen molar-refractivity contribution >= 4 is 0 Å². The molecule has 1 aromatic carbocycles. The van der Waals surface area contributed by atoms with Gasteiger partial charge in [0.05, 0.1) is 25.2 Å². The number of fused-ring (bicyclic) bond motifs is 1. The lowest BCUT2D eigenvalue weighted by Gasteiger charge is -2.18. The molecule has 1 aliphatic rings. The Morgan fingerprint density at radius 3 is 2.72 bits per heavy atom. The molecular formula is C14H18N2O2. The molecule has 0 fully saturated rings. The van der Waals surface area contributed by atoms with Crippen LogP contribution in [0.3, 0.4) is 0 Å². The Hall–Kier alpha value is -1.73. The van der Waals surface area contributed by atoms with Gasteiger partial charge in [0.1, 0.15) is 0 Å². The fraction of sp³-hybridized carbons (Fsp3) is 0.500. The predicted molar refractivity (Wildman–Crippen MR) is 68.4 cm³/mol. The number of hydrogen-bond donors (Lipinski definition) is 1. The van der Waals surface area contributed by atoms with E-state index in [1.165, 1.54) is 0 Å². The predicted octanol–water partition coefficient (Wildman–Crippen LogP) is 2.40. The van der Waals surface area contributed by atoms with Crippen molar-refractivity contribution in [1.82, 2.24) is 0 Å². The van der Waals surface area contributed by atoms with Crippen LogP contribution in [0.4, 0.5) is 0 Å². The molecule has 0 spiro atoms. The normalized spacial score (nSPS) is 17.4. The van der Waals surface area contributed by atoms with E-state index < -0.39 is 0 Å². The van der Waals surface area contributed by atoms with Gasteiger partial charge in [-0.1, -0.05) is 13.0 Å². The fourth-order valence-electron chi connectivity index (χ4n) is 2.05. The number of rotatable bonds is 3. The maximum Gasteiger partial charge on any atom is 0.161 e. The molecule has 0 aliphatic carbocycles. The summed E-state index contributed by atoms with van der Waals surface area (Å²) in [6.07, 6.45) is 1.62. The molecular weight excluding hydrogens is 228 g/mol. The molecule has 1 aliphatic heterocycles. The van der Waals surface area contributed by atoms with Crippen molar-refractivity contribution < 1.29 is 9.47 Å². The molecule has 0 radical (unpaired) electrons. The van der Waals surface area contributed by atoms with Gasteiger partial charge in [0.2, 0.25) is 0 Å². The highest BCUT2D eigenvalue weighted by Crippen LogP contribution is 2.33. The Labute approximate surface area is 107 Å². The molecule has 2 atom stereocenters. The molecule has 2 rings (SSSR count). The van der Waals surface area contributed by atoms with Gasteiger partial charge in [-0.25, -0.2) is 0 Å². The van der Waals surface area contributed by atoms with Crippen LogP contribution in [0.1, 0.15) is 31.4 Å². The first kappa shape index (κ1) is 12.7. The summed E-state index contributed by atoms with van der Waals surface area (Å²) >= 11 is 0. The van der Waals surface area contributed by atoms with Crippen molar-refractivity contribution in [2.75, 3.05) is 13.2 Å². The summed E-state index contributed by atoms with van der Waals surface area (Å²) in [4.78, 5) is 0. The van der Waals surface area contributed by atoms with Gasteiger partial charge in [-0.15, -0.1) is 0 Å². The Morgan fingerprint density at radius 1 is 1.33 bits per heavy atom. The van der Waals surface area contributed by atoms with E-state index in [-0.39, 0.29) is 12.0 Å². The van der Waals surface area contributed by atoms with Crippen LogP contribution in [0, 0.1) is 17.2 Å². The van der Waals surface area contributed by atoms with Gasteiger partial charge in [-0.05, 0) is 24.1 Å². The van der Waals surface area contributed by atoms with Crippen LogP contribution in [-0.4, -0.2) is 13.2 Å². The zero-order chi connectivity index (χ0) is 13.0. The molecule has 96 valence electrons. The standard InChI is InChI=1S/C14H18N2O2/c1-2-10(9-15)14(16)11-4-5-12-13(8-11)18-7-3-6-17-12/h4-5,8,10,14H,2-3,6-7,16H2,1H3. The Kier molecular flexibility index (Phi) is 4.06. The van der Waals surface area contributed by atoms with Crippen LogP contribution in [-0.2, 0) is 0 Å². The summed E-state index contributed by atoms with van der Waals surface area (Å²) in [7, 11) is 0. The Balaban J connectivity index is 2.25. The lowest BCUT2D eigenvalue weighted by Crippen LogP contribution is -2.19. The van der Waals surface area contributed by atoms with Gasteiger partial charge in [0.15, 0.2) is 11.5 Å². The van der Waals surface area contributed by atoms with Gasteiger partial charge in [0, 0.05) is 12.5 Å². The van der Waals surface area contributed by atoms with Gasteiger partial charge < -0.3 is 15.2 Å². The molecule has 0 amide bonds. The molecule has 4 heteroatoms. The second-order valence-electron chi connectivity index (χ2n) is 4.43. The molecule has 0 aromatic heterocycles. The minimum Gasteiger partial charge on any atom is -0.490 e. The lowest BCUT2D eigenvalue weighted by molar-refractivity contribution is 0.297. The molecule has 0 saturated heterocycles. The molecule has 18 heavy (non-hydrogen) atoms. The highest BCUT2D eigenvalue weighted by Gasteiger charge is 2.19. The summed E-state index contributed by atoms with van der Waals surface area (Å²) in [6.45, 7) is 3.30. The van der Waals surface area contributed by atoms with Crippen LogP contribution in [0.2, 0.25) is 0 Å². The topological polar surface area (TPSA) is 68.3 Å². The monoisotopic (exact) mass is 246 g/mol. The first-order chi connectivity index (χ1) is 8.76. The fourth-order valence-corrected chi connectivity index (χ4v) is 2.05. The third-order valence-electron chi connectivity index (χ3n) is 3.20. The number of nitrogens with zero attached hydrogens (tertiary/aromatic N) is 1. The second kappa shape index (κ2) is 5.74. The largest absolute Gasteiger partial charge is 0.490 e. The van der Waals surface area contributed by atoms with Crippen molar-refractivity contribution in [3.63, 3.8) is 0 Å². The summed E-state index contributed by atoms with van der Waals surface area (Å²) < 4.78 is 11.2. The van der Waals surface area contributed by atoms with Crippen LogP contribution in [0.5, 0.6) is 11.5 Å². The van der Waals surface area contributed by atoms with Crippen molar-refractivity contribution in [2.24, 2.45) is 11.7 Å². The first-order valence-corrected chi connectivity index (χ1v) is 6.31. The SMILES string of the molecule is CCC(C#N)C(N)c1ccc2c(c1)OCCCO2. The summed E-state index contributed by atoms with van der Waals surface area (Å²) in [5.41, 5.74) is 7.04. The van der Waals surface area contributed by atoms with E-state index >= 15 is 0 Å². The van der Waals surface area contributed by atoms with E-state index in [2.05, 4.69) is 6.07 Å². The van der Waals surface area contributed by atoms with E-state index in [9.17, 15) is 0 Å². The number of benzene rings is 1. The molecule has 1 aromatic rings. The first-order valence-electron chi connectivity index (χ1n) is 6.31. The van der Waals surface area contributed by atoms with E-state index in [1.807, 2.05) is 25.1 Å². The van der Waals surface area contributed by atoms with Crippen molar-refractivity contribution in [3.05, 3.63) is 23.8 Å². The van der Waals surface area contributed by atoms with Gasteiger partial charge >= 0.3 is 0 Å². The summed E-state index contributed by atoms with van der Waals surface area (Å²) in [5.74, 6) is 1.32. The maximum absolute atomic E-state index is 9.06. The van der Waals surface area contributed by atoms with Gasteiger partial charge in [0.25, 0.3) is 0 Å². The number of ether oxygens (including phenoxy) is 2. The number of nitrogens with two attached hydrogens (primary N) is 1. The molecule has 0 bridgehead atoms. The Bertz CT molecular complexity index is 454. The highest BCUT2D eigenvalue weighted by molar-refractivity contribution is 5.44. The minimum atomic E-state index is -0.280. The smallest absolute Gasteiger partial charge is 0.161 e. The molecule has 0 saturated carbocycles. The molecule has 1 heterocycles. The average Bonchev–Trinajstić information content (AvgIpc) is 2.64.